The summed E-state index contributed by atoms with van der Waals surface area (Å²) < 4.78 is 27.5. The summed E-state index contributed by atoms with van der Waals surface area (Å²) in [5.41, 5.74) is -1.33. The third kappa shape index (κ3) is 5.50. The molecule has 3 heterocycles. The van der Waals surface area contributed by atoms with Crippen LogP contribution in [-0.4, -0.2) is 131 Å². The number of aromatic hydroxyl groups is 3. The van der Waals surface area contributed by atoms with E-state index in [1.54, 1.807) is 0 Å². The normalized spacial score (nSPS) is 32.5. The highest BCUT2D eigenvalue weighted by atomic mass is 16.7. The standard InChI is InChI=1S/C27H30O17/c28-6-12-15(32)18(35)20(37)26(41-12)43-24-17(34)14-10(31)5-11(8-1-3-9(30)4-2-8)40-23(14)25(22(24)39)44-27-21(38)19(36)16(33)13(7-29)42-27/h1-5,12-13,15-16,18-21,26-30,32-39H,6-7H2/t12-,13-,15-,16+,18+,19+,20+,21+,26+,27+/m1/s1. The molecule has 2 aliphatic heterocycles. The topological polar surface area (TPSA) is 290 Å². The van der Waals surface area contributed by atoms with Gasteiger partial charge in [0.15, 0.2) is 16.8 Å². The van der Waals surface area contributed by atoms with Crippen LogP contribution in [0, 0.1) is 0 Å². The summed E-state index contributed by atoms with van der Waals surface area (Å²) in [5, 5.41) is 112. The Balaban J connectivity index is 1.67. The van der Waals surface area contributed by atoms with Gasteiger partial charge in [-0.25, -0.2) is 0 Å². The first-order valence-electron chi connectivity index (χ1n) is 13.2. The van der Waals surface area contributed by atoms with Crippen LogP contribution in [0.15, 0.2) is 39.5 Å². The van der Waals surface area contributed by atoms with E-state index in [-0.39, 0.29) is 17.1 Å². The van der Waals surface area contributed by atoms with Gasteiger partial charge in [0.1, 0.15) is 65.7 Å². The van der Waals surface area contributed by atoms with E-state index in [2.05, 4.69) is 0 Å². The van der Waals surface area contributed by atoms with Gasteiger partial charge in [-0.05, 0) is 24.3 Å². The Hall–Kier alpha value is -3.75. The lowest BCUT2D eigenvalue weighted by Gasteiger charge is -2.40. The highest BCUT2D eigenvalue weighted by molar-refractivity contribution is 5.95. The average Bonchev–Trinajstić information content (AvgIpc) is 3.01. The van der Waals surface area contributed by atoms with Gasteiger partial charge in [0.05, 0.1) is 13.2 Å². The van der Waals surface area contributed by atoms with Crippen molar-refractivity contribution in [2.75, 3.05) is 13.2 Å². The van der Waals surface area contributed by atoms with Crippen LogP contribution in [0.1, 0.15) is 0 Å². The van der Waals surface area contributed by atoms with Crippen molar-refractivity contribution in [1.29, 1.82) is 0 Å². The van der Waals surface area contributed by atoms with Gasteiger partial charge >= 0.3 is 0 Å². The zero-order valence-corrected chi connectivity index (χ0v) is 22.4. The van der Waals surface area contributed by atoms with Gasteiger partial charge in [-0.15, -0.1) is 0 Å². The molecule has 17 heteroatoms. The molecule has 0 saturated carbocycles. The highest BCUT2D eigenvalue weighted by Gasteiger charge is 2.47. The SMILES string of the molecule is O=c1cc(-c2ccc(O)cc2)oc2c(O[C@@H]3O[C@H](CO)[C@H](O)[C@H](O)[C@@H]3O)c(O)c(O[C@@H]3O[C@H](CO)[C@@H](O)[C@H](O)[C@@H]3O)c(O)c12. The van der Waals surface area contributed by atoms with Crippen LogP contribution >= 0.6 is 0 Å². The molecule has 44 heavy (non-hydrogen) atoms. The Kier molecular flexibility index (Phi) is 8.87. The third-order valence-corrected chi connectivity index (χ3v) is 7.35. The van der Waals surface area contributed by atoms with Crippen LogP contribution in [0.4, 0.5) is 0 Å². The molecule has 2 aromatic carbocycles. The van der Waals surface area contributed by atoms with E-state index < -0.39 is 114 Å². The van der Waals surface area contributed by atoms with Crippen molar-refractivity contribution in [3.05, 3.63) is 40.6 Å². The van der Waals surface area contributed by atoms with Crippen molar-refractivity contribution < 1.29 is 79.5 Å². The second-order valence-corrected chi connectivity index (χ2v) is 10.2. The molecule has 1 aromatic heterocycles. The molecule has 2 fully saturated rings. The van der Waals surface area contributed by atoms with Gasteiger partial charge in [0, 0.05) is 11.6 Å². The summed E-state index contributed by atoms with van der Waals surface area (Å²) in [6.07, 6.45) is -18.2. The van der Waals surface area contributed by atoms with Gasteiger partial charge in [-0.1, -0.05) is 0 Å². The number of hydrogen-bond donors (Lipinski definition) is 11. The molecule has 0 aliphatic carbocycles. The zero-order chi connectivity index (χ0) is 32.0. The molecule has 0 radical (unpaired) electrons. The third-order valence-electron chi connectivity index (χ3n) is 7.35. The molecule has 2 saturated heterocycles. The minimum absolute atomic E-state index is 0.103. The number of ether oxygens (including phenoxy) is 4. The first kappa shape index (κ1) is 31.7. The fourth-order valence-electron chi connectivity index (χ4n) is 4.86. The van der Waals surface area contributed by atoms with E-state index in [1.165, 1.54) is 24.3 Å². The molecule has 2 aliphatic rings. The largest absolute Gasteiger partial charge is 0.508 e. The second-order valence-electron chi connectivity index (χ2n) is 10.2. The van der Waals surface area contributed by atoms with Crippen molar-refractivity contribution in [3.8, 4) is 40.1 Å². The Morgan fingerprint density at radius 3 is 1.66 bits per heavy atom. The molecular weight excluding hydrogens is 596 g/mol. The molecule has 10 atom stereocenters. The van der Waals surface area contributed by atoms with Crippen LogP contribution in [0.5, 0.6) is 28.7 Å². The number of phenolic OH excluding ortho intramolecular Hbond substituents is 3. The Bertz CT molecular complexity index is 1540. The lowest BCUT2D eigenvalue weighted by atomic mass is 9.99. The van der Waals surface area contributed by atoms with E-state index in [1.807, 2.05) is 0 Å². The van der Waals surface area contributed by atoms with E-state index in [4.69, 9.17) is 23.4 Å². The fourth-order valence-corrected chi connectivity index (χ4v) is 4.86. The smallest absolute Gasteiger partial charge is 0.229 e. The highest BCUT2D eigenvalue weighted by Crippen LogP contribution is 2.51. The zero-order valence-electron chi connectivity index (χ0n) is 22.4. The van der Waals surface area contributed by atoms with Gasteiger partial charge in [0.25, 0.3) is 0 Å². The maximum absolute atomic E-state index is 13.3. The number of benzene rings is 2. The molecule has 0 spiro atoms. The van der Waals surface area contributed by atoms with Crippen LogP contribution in [-0.2, 0) is 9.47 Å². The minimum Gasteiger partial charge on any atom is -0.508 e. The molecule has 5 rings (SSSR count). The maximum atomic E-state index is 13.3. The van der Waals surface area contributed by atoms with E-state index >= 15 is 0 Å². The van der Waals surface area contributed by atoms with Gasteiger partial charge < -0.3 is 79.5 Å². The molecule has 0 bridgehead atoms. The predicted molar refractivity (Wildman–Crippen MR) is 142 cm³/mol. The molecule has 240 valence electrons. The van der Waals surface area contributed by atoms with Crippen molar-refractivity contribution in [1.82, 2.24) is 0 Å². The van der Waals surface area contributed by atoms with Gasteiger partial charge in [-0.3, -0.25) is 4.79 Å². The molecule has 3 aromatic rings. The summed E-state index contributed by atoms with van der Waals surface area (Å²) in [7, 11) is 0. The molecule has 0 amide bonds. The summed E-state index contributed by atoms with van der Waals surface area (Å²) in [6.45, 7) is -1.67. The van der Waals surface area contributed by atoms with Gasteiger partial charge in [0.2, 0.25) is 29.8 Å². The quantitative estimate of drug-likeness (QED) is 0.124. The Morgan fingerprint density at radius 1 is 0.659 bits per heavy atom. The van der Waals surface area contributed by atoms with Crippen molar-refractivity contribution >= 4 is 11.0 Å². The maximum Gasteiger partial charge on any atom is 0.229 e. The van der Waals surface area contributed by atoms with Crippen LogP contribution in [0.2, 0.25) is 0 Å². The molecular formula is C27H30O17. The molecule has 11 N–H and O–H groups in total. The molecule has 0 unspecified atom stereocenters. The number of phenols is 3. The number of hydrogen-bond acceptors (Lipinski definition) is 17. The fraction of sp³-hybridized carbons (Fsp3) is 0.444. The van der Waals surface area contributed by atoms with Crippen molar-refractivity contribution in [3.63, 3.8) is 0 Å². The van der Waals surface area contributed by atoms with E-state index in [9.17, 15) is 61.0 Å². The first-order chi connectivity index (χ1) is 20.9. The summed E-state index contributed by atoms with van der Waals surface area (Å²) in [5.74, 6) is -4.28. The van der Waals surface area contributed by atoms with Gasteiger partial charge in [-0.2, -0.15) is 0 Å². The molecule has 17 nitrogen and oxygen atoms in total. The number of fused-ring (bicyclic) bond motifs is 1. The lowest BCUT2D eigenvalue weighted by Crippen LogP contribution is -2.60. The van der Waals surface area contributed by atoms with Crippen LogP contribution in [0.3, 0.4) is 0 Å². The van der Waals surface area contributed by atoms with Crippen molar-refractivity contribution in [2.24, 2.45) is 0 Å². The van der Waals surface area contributed by atoms with Crippen LogP contribution < -0.4 is 14.9 Å². The summed E-state index contributed by atoms with van der Waals surface area (Å²) in [4.78, 5) is 13.3. The summed E-state index contributed by atoms with van der Waals surface area (Å²) in [6, 6.07) is 6.29. The van der Waals surface area contributed by atoms with E-state index in [0.717, 1.165) is 6.07 Å². The lowest BCUT2D eigenvalue weighted by molar-refractivity contribution is -0.279. The predicted octanol–water partition coefficient (Wildman–Crippen LogP) is -3.07. The minimum atomic E-state index is -2.01. The number of aliphatic hydroxyl groups excluding tert-OH is 8. The second kappa shape index (κ2) is 12.3. The van der Waals surface area contributed by atoms with Crippen molar-refractivity contribution in [2.45, 2.75) is 61.4 Å². The monoisotopic (exact) mass is 626 g/mol. The summed E-state index contributed by atoms with van der Waals surface area (Å²) >= 11 is 0. The van der Waals surface area contributed by atoms with Crippen LogP contribution in [0.25, 0.3) is 22.3 Å². The Labute approximate surface area is 246 Å². The Morgan fingerprint density at radius 2 is 1.16 bits per heavy atom. The van der Waals surface area contributed by atoms with E-state index in [0.29, 0.717) is 0 Å². The first-order valence-corrected chi connectivity index (χ1v) is 13.2. The average molecular weight is 627 g/mol. The number of aliphatic hydroxyl groups is 8. The number of rotatable bonds is 7.